The second kappa shape index (κ2) is 10.8. The molecular formula is C30H28FN7O3. The molecular weight excluding hydrogens is 525 g/mol. The first-order chi connectivity index (χ1) is 19.9. The first-order valence-electron chi connectivity index (χ1n) is 13.4. The standard InChI is InChI=1S/C30H28FN7O3/c1-3-32-22-13-12-19(16-33-22)25-23(30-38(37-25)15-14-17(2)41-30)28(39)36-27-29(40)35-26-20(10-7-11-21(26)31)24(34-27)18-8-5-4-6-9-18/h4-13,16-17,27H,3,14-15H2,1-2H3,(H,32,33)(H,35,40)(H,36,39)/t17-,27-/m1/s1. The first-order valence-corrected chi connectivity index (χ1v) is 13.4. The minimum absolute atomic E-state index is 0.00413. The number of carbonyl (C=O) groups is 2. The normalized spacial score (nSPS) is 17.7. The van der Waals surface area contributed by atoms with Gasteiger partial charge in [-0.3, -0.25) is 9.59 Å². The van der Waals surface area contributed by atoms with Gasteiger partial charge < -0.3 is 20.7 Å². The summed E-state index contributed by atoms with van der Waals surface area (Å²) < 4.78 is 22.6. The number of rotatable bonds is 6. The van der Waals surface area contributed by atoms with Crippen molar-refractivity contribution in [3.8, 4) is 17.1 Å². The molecule has 2 aliphatic rings. The van der Waals surface area contributed by atoms with Gasteiger partial charge in [0.1, 0.15) is 22.9 Å². The number of para-hydroxylation sites is 1. The van der Waals surface area contributed by atoms with Gasteiger partial charge in [-0.05, 0) is 32.0 Å². The summed E-state index contributed by atoms with van der Waals surface area (Å²) >= 11 is 0. The third-order valence-corrected chi connectivity index (χ3v) is 6.93. The fraction of sp³-hybridized carbons (Fsp3) is 0.233. The predicted molar refractivity (Wildman–Crippen MR) is 153 cm³/mol. The summed E-state index contributed by atoms with van der Waals surface area (Å²) in [7, 11) is 0. The summed E-state index contributed by atoms with van der Waals surface area (Å²) in [6.45, 7) is 5.18. The van der Waals surface area contributed by atoms with E-state index < -0.39 is 23.8 Å². The van der Waals surface area contributed by atoms with Crippen molar-refractivity contribution in [2.75, 3.05) is 17.2 Å². The fourth-order valence-electron chi connectivity index (χ4n) is 4.92. The topological polar surface area (TPSA) is 123 Å². The number of pyridine rings is 1. The molecule has 3 N–H and O–H groups in total. The van der Waals surface area contributed by atoms with E-state index in [-0.39, 0.29) is 17.4 Å². The number of benzodiazepines with no additional fused rings is 1. The smallest absolute Gasteiger partial charge is 0.269 e. The number of hydrogen-bond donors (Lipinski definition) is 3. The van der Waals surface area contributed by atoms with Crippen LogP contribution in [0.2, 0.25) is 0 Å². The quantitative estimate of drug-likeness (QED) is 0.329. The number of benzene rings is 2. The summed E-state index contributed by atoms with van der Waals surface area (Å²) in [5.74, 6) is -0.878. The van der Waals surface area contributed by atoms with Gasteiger partial charge in [0.25, 0.3) is 11.8 Å². The number of amides is 2. The van der Waals surface area contributed by atoms with Crippen LogP contribution in [0.15, 0.2) is 71.9 Å². The molecule has 0 bridgehead atoms. The summed E-state index contributed by atoms with van der Waals surface area (Å²) in [6.07, 6.45) is 0.875. The molecule has 2 amide bonds. The number of carbonyl (C=O) groups excluding carboxylic acids is 2. The average Bonchev–Trinajstić information content (AvgIpc) is 3.29. The van der Waals surface area contributed by atoms with Crippen molar-refractivity contribution in [3.63, 3.8) is 0 Å². The SMILES string of the molecule is CCNc1ccc(-c2nn3c(c2C(=O)N[C@H]2N=C(c4ccccc4)c4cccc(F)c4NC2=O)O[C@H](C)CC3)cn1. The van der Waals surface area contributed by atoms with Crippen LogP contribution in [-0.2, 0) is 11.3 Å². The Morgan fingerprint density at radius 3 is 2.71 bits per heavy atom. The molecule has 0 aliphatic carbocycles. The fourth-order valence-corrected chi connectivity index (χ4v) is 4.92. The first kappa shape index (κ1) is 26.2. The van der Waals surface area contributed by atoms with Crippen LogP contribution in [-0.4, -0.2) is 51.1 Å². The van der Waals surface area contributed by atoms with E-state index in [2.05, 4.69) is 31.0 Å². The predicted octanol–water partition coefficient (Wildman–Crippen LogP) is 4.23. The zero-order valence-corrected chi connectivity index (χ0v) is 22.5. The van der Waals surface area contributed by atoms with Crippen molar-refractivity contribution in [2.45, 2.75) is 39.1 Å². The van der Waals surface area contributed by atoms with Gasteiger partial charge in [-0.25, -0.2) is 19.0 Å². The minimum Gasteiger partial charge on any atom is -0.474 e. The molecule has 10 nitrogen and oxygen atoms in total. The molecule has 0 saturated heterocycles. The molecule has 0 saturated carbocycles. The number of hydrogen-bond acceptors (Lipinski definition) is 7. The molecule has 6 rings (SSSR count). The van der Waals surface area contributed by atoms with Crippen LogP contribution in [0.4, 0.5) is 15.9 Å². The third kappa shape index (κ3) is 5.02. The lowest BCUT2D eigenvalue weighted by atomic mass is 10.0. The highest BCUT2D eigenvalue weighted by Crippen LogP contribution is 2.34. The molecule has 0 spiro atoms. The van der Waals surface area contributed by atoms with E-state index in [0.29, 0.717) is 52.9 Å². The maximum absolute atomic E-state index is 14.9. The second-order valence-corrected chi connectivity index (χ2v) is 9.80. The highest BCUT2D eigenvalue weighted by molar-refractivity contribution is 6.20. The zero-order chi connectivity index (χ0) is 28.5. The number of aromatic nitrogens is 3. The molecule has 2 atom stereocenters. The number of nitrogens with zero attached hydrogens (tertiary/aromatic N) is 4. The number of aryl methyl sites for hydroxylation is 1. The van der Waals surface area contributed by atoms with Crippen molar-refractivity contribution in [3.05, 3.63) is 89.4 Å². The van der Waals surface area contributed by atoms with Gasteiger partial charge in [0.15, 0.2) is 0 Å². The van der Waals surface area contributed by atoms with E-state index in [1.54, 1.807) is 23.0 Å². The van der Waals surface area contributed by atoms with E-state index in [1.807, 2.05) is 56.3 Å². The molecule has 208 valence electrons. The van der Waals surface area contributed by atoms with E-state index in [0.717, 1.165) is 6.42 Å². The Hall–Kier alpha value is -5.06. The Balaban J connectivity index is 1.41. The maximum atomic E-state index is 14.9. The molecule has 2 aliphatic heterocycles. The van der Waals surface area contributed by atoms with Crippen molar-refractivity contribution in [1.29, 1.82) is 0 Å². The van der Waals surface area contributed by atoms with Gasteiger partial charge in [-0.15, -0.1) is 0 Å². The van der Waals surface area contributed by atoms with Crippen LogP contribution < -0.4 is 20.7 Å². The van der Waals surface area contributed by atoms with Gasteiger partial charge in [0.2, 0.25) is 12.0 Å². The monoisotopic (exact) mass is 553 g/mol. The summed E-state index contributed by atoms with van der Waals surface area (Å²) in [4.78, 5) is 36.4. The van der Waals surface area contributed by atoms with Gasteiger partial charge in [0, 0.05) is 42.4 Å². The molecule has 2 aromatic carbocycles. The molecule has 2 aromatic heterocycles. The molecule has 4 heterocycles. The number of aliphatic imine (C=N–C) groups is 1. The lowest BCUT2D eigenvalue weighted by Gasteiger charge is -2.22. The Morgan fingerprint density at radius 2 is 1.95 bits per heavy atom. The number of halogens is 1. The van der Waals surface area contributed by atoms with E-state index in [9.17, 15) is 14.0 Å². The molecule has 11 heteroatoms. The van der Waals surface area contributed by atoms with Crippen molar-refractivity contribution in [1.82, 2.24) is 20.1 Å². The van der Waals surface area contributed by atoms with Crippen molar-refractivity contribution >= 4 is 29.0 Å². The largest absolute Gasteiger partial charge is 0.474 e. The Kier molecular flexibility index (Phi) is 6.92. The van der Waals surface area contributed by atoms with Crippen LogP contribution in [0.3, 0.4) is 0 Å². The molecule has 0 unspecified atom stereocenters. The number of fused-ring (bicyclic) bond motifs is 2. The van der Waals surface area contributed by atoms with Crippen LogP contribution in [0.1, 0.15) is 41.8 Å². The molecule has 4 aromatic rings. The van der Waals surface area contributed by atoms with Crippen LogP contribution in [0, 0.1) is 5.82 Å². The third-order valence-electron chi connectivity index (χ3n) is 6.93. The molecule has 0 radical (unpaired) electrons. The van der Waals surface area contributed by atoms with Gasteiger partial charge in [0.05, 0.1) is 17.5 Å². The van der Waals surface area contributed by atoms with Crippen LogP contribution in [0.25, 0.3) is 11.3 Å². The van der Waals surface area contributed by atoms with E-state index in [4.69, 9.17) is 4.74 Å². The summed E-state index contributed by atoms with van der Waals surface area (Å²) in [6, 6.07) is 17.2. The molecule has 0 fully saturated rings. The van der Waals surface area contributed by atoms with E-state index in [1.165, 1.54) is 6.07 Å². The molecule has 41 heavy (non-hydrogen) atoms. The van der Waals surface area contributed by atoms with Gasteiger partial charge in [-0.1, -0.05) is 42.5 Å². The van der Waals surface area contributed by atoms with Gasteiger partial charge >= 0.3 is 0 Å². The Labute approximate surface area is 235 Å². The summed E-state index contributed by atoms with van der Waals surface area (Å²) in [5.41, 5.74) is 2.61. The van der Waals surface area contributed by atoms with Crippen LogP contribution >= 0.6 is 0 Å². The van der Waals surface area contributed by atoms with Gasteiger partial charge in [-0.2, -0.15) is 5.10 Å². The van der Waals surface area contributed by atoms with E-state index >= 15 is 0 Å². The second-order valence-electron chi connectivity index (χ2n) is 9.80. The Bertz CT molecular complexity index is 1650. The number of ether oxygens (including phenoxy) is 1. The minimum atomic E-state index is -1.36. The number of nitrogens with one attached hydrogen (secondary N) is 3. The Morgan fingerprint density at radius 1 is 1.12 bits per heavy atom. The maximum Gasteiger partial charge on any atom is 0.269 e. The lowest BCUT2D eigenvalue weighted by Crippen LogP contribution is -2.42. The summed E-state index contributed by atoms with van der Waals surface area (Å²) in [5, 5.41) is 13.2. The van der Waals surface area contributed by atoms with Crippen LogP contribution in [0.5, 0.6) is 5.88 Å². The average molecular weight is 554 g/mol. The highest BCUT2D eigenvalue weighted by Gasteiger charge is 2.34. The number of anilines is 2. The highest BCUT2D eigenvalue weighted by atomic mass is 19.1. The van der Waals surface area contributed by atoms with Crippen molar-refractivity contribution < 1.29 is 18.7 Å². The zero-order valence-electron chi connectivity index (χ0n) is 22.5. The van der Waals surface area contributed by atoms with Crippen molar-refractivity contribution in [2.24, 2.45) is 4.99 Å². The lowest BCUT2D eigenvalue weighted by molar-refractivity contribution is -0.117.